The van der Waals surface area contributed by atoms with Crippen LogP contribution in [-0.2, 0) is 5.88 Å². The monoisotopic (exact) mass is 228 g/mol. The van der Waals surface area contributed by atoms with Gasteiger partial charge in [0.1, 0.15) is 5.82 Å². The van der Waals surface area contributed by atoms with Gasteiger partial charge in [0.2, 0.25) is 0 Å². The van der Waals surface area contributed by atoms with Crippen LogP contribution >= 0.6 is 11.6 Å². The van der Waals surface area contributed by atoms with Gasteiger partial charge in [-0.3, -0.25) is 0 Å². The van der Waals surface area contributed by atoms with Gasteiger partial charge in [-0.2, -0.15) is 0 Å². The number of aliphatic hydroxyl groups is 1. The number of nitrogens with zero attached hydrogens (tertiary/aromatic N) is 2. The lowest BCUT2D eigenvalue weighted by Gasteiger charge is -2.28. The summed E-state index contributed by atoms with van der Waals surface area (Å²) in [7, 11) is 0. The maximum atomic E-state index is 9.01. The summed E-state index contributed by atoms with van der Waals surface area (Å²) in [6, 6.07) is 4.13. The Hall–Kier alpha value is -0.800. The van der Waals surface area contributed by atoms with E-state index < -0.39 is 0 Å². The third-order valence-corrected chi connectivity index (χ3v) is 2.54. The van der Waals surface area contributed by atoms with E-state index in [4.69, 9.17) is 16.7 Å². The first-order valence-corrected chi connectivity index (χ1v) is 5.61. The number of aromatic nitrogens is 1. The molecule has 1 aromatic rings. The van der Waals surface area contributed by atoms with E-state index >= 15 is 0 Å². The molecular weight excluding hydrogens is 212 g/mol. The highest BCUT2D eigenvalue weighted by Gasteiger charge is 2.14. The zero-order chi connectivity index (χ0) is 11.3. The molecule has 0 aliphatic rings. The van der Waals surface area contributed by atoms with Crippen LogP contribution in [-0.4, -0.2) is 29.3 Å². The molecule has 84 valence electrons. The molecule has 0 bridgehead atoms. The van der Waals surface area contributed by atoms with Crippen molar-refractivity contribution >= 4 is 17.4 Å². The van der Waals surface area contributed by atoms with Gasteiger partial charge in [-0.25, -0.2) is 4.98 Å². The van der Waals surface area contributed by atoms with E-state index in [1.165, 1.54) is 0 Å². The van der Waals surface area contributed by atoms with Crippen LogP contribution in [0.15, 0.2) is 18.3 Å². The Morgan fingerprint density at radius 1 is 1.53 bits per heavy atom. The van der Waals surface area contributed by atoms with Crippen LogP contribution in [0.1, 0.15) is 19.4 Å². The lowest BCUT2D eigenvalue weighted by molar-refractivity contribution is 0.298. The molecule has 15 heavy (non-hydrogen) atoms. The number of aliphatic hydroxyl groups excluding tert-OH is 1. The zero-order valence-corrected chi connectivity index (χ0v) is 9.91. The minimum atomic E-state index is 0.122. The average molecular weight is 229 g/mol. The molecule has 0 radical (unpaired) electrons. The van der Waals surface area contributed by atoms with Gasteiger partial charge in [0.25, 0.3) is 0 Å². The number of hydrogen-bond acceptors (Lipinski definition) is 3. The van der Waals surface area contributed by atoms with Crippen molar-refractivity contribution in [3.63, 3.8) is 0 Å². The summed E-state index contributed by atoms with van der Waals surface area (Å²) in [6.07, 6.45) is 1.75. The largest absolute Gasteiger partial charge is 0.395 e. The average Bonchev–Trinajstić information content (AvgIpc) is 2.25. The molecule has 1 N–H and O–H groups in total. The summed E-state index contributed by atoms with van der Waals surface area (Å²) in [6.45, 7) is 4.85. The van der Waals surface area contributed by atoms with Crippen molar-refractivity contribution in [1.29, 1.82) is 0 Å². The molecule has 0 saturated heterocycles. The zero-order valence-electron chi connectivity index (χ0n) is 9.15. The van der Waals surface area contributed by atoms with Crippen LogP contribution in [0.25, 0.3) is 0 Å². The third kappa shape index (κ3) is 3.08. The van der Waals surface area contributed by atoms with Crippen LogP contribution in [0.3, 0.4) is 0 Å². The van der Waals surface area contributed by atoms with Crippen molar-refractivity contribution in [3.8, 4) is 0 Å². The van der Waals surface area contributed by atoms with Crippen LogP contribution < -0.4 is 4.90 Å². The number of rotatable bonds is 5. The van der Waals surface area contributed by atoms with E-state index in [1.54, 1.807) is 6.20 Å². The second kappa shape index (κ2) is 5.93. The molecule has 0 unspecified atom stereocenters. The van der Waals surface area contributed by atoms with Crippen molar-refractivity contribution in [3.05, 3.63) is 23.9 Å². The minimum absolute atomic E-state index is 0.122. The Morgan fingerprint density at radius 3 is 2.80 bits per heavy atom. The second-order valence-corrected chi connectivity index (χ2v) is 3.90. The normalized spacial score (nSPS) is 10.7. The summed E-state index contributed by atoms with van der Waals surface area (Å²) in [4.78, 5) is 6.37. The highest BCUT2D eigenvalue weighted by molar-refractivity contribution is 6.17. The predicted octanol–water partition coefficient (Wildman–Crippen LogP) is 2.03. The summed E-state index contributed by atoms with van der Waals surface area (Å²) in [5.74, 6) is 1.31. The van der Waals surface area contributed by atoms with Crippen LogP contribution in [0.5, 0.6) is 0 Å². The third-order valence-electron chi connectivity index (χ3n) is 2.25. The van der Waals surface area contributed by atoms with E-state index in [0.29, 0.717) is 18.5 Å². The Labute approximate surface area is 95.7 Å². The highest BCUT2D eigenvalue weighted by Crippen LogP contribution is 2.20. The number of alkyl halides is 1. The first-order chi connectivity index (χ1) is 7.20. The Balaban J connectivity index is 2.98. The van der Waals surface area contributed by atoms with Gasteiger partial charge in [-0.15, -0.1) is 11.6 Å². The van der Waals surface area contributed by atoms with E-state index in [2.05, 4.69) is 23.7 Å². The van der Waals surface area contributed by atoms with Gasteiger partial charge in [0.15, 0.2) is 0 Å². The first-order valence-electron chi connectivity index (χ1n) is 5.08. The minimum Gasteiger partial charge on any atom is -0.395 e. The van der Waals surface area contributed by atoms with Gasteiger partial charge in [-0.05, 0) is 19.9 Å². The van der Waals surface area contributed by atoms with Crippen molar-refractivity contribution in [2.45, 2.75) is 25.8 Å². The molecule has 0 aliphatic heterocycles. The molecule has 0 atom stereocenters. The molecule has 0 spiro atoms. The molecular formula is C11H17ClN2O. The van der Waals surface area contributed by atoms with Gasteiger partial charge < -0.3 is 10.0 Å². The van der Waals surface area contributed by atoms with Crippen molar-refractivity contribution in [1.82, 2.24) is 4.98 Å². The molecule has 4 heteroatoms. The molecule has 0 aliphatic carbocycles. The van der Waals surface area contributed by atoms with Gasteiger partial charge >= 0.3 is 0 Å². The van der Waals surface area contributed by atoms with Gasteiger partial charge in [0, 0.05) is 24.3 Å². The summed E-state index contributed by atoms with van der Waals surface area (Å²) < 4.78 is 0. The molecule has 1 aromatic heterocycles. The topological polar surface area (TPSA) is 36.4 Å². The highest BCUT2D eigenvalue weighted by atomic mass is 35.5. The van der Waals surface area contributed by atoms with E-state index in [9.17, 15) is 0 Å². The van der Waals surface area contributed by atoms with Crippen molar-refractivity contribution < 1.29 is 5.11 Å². The second-order valence-electron chi connectivity index (χ2n) is 3.63. The maximum absolute atomic E-state index is 9.01. The Morgan fingerprint density at radius 2 is 2.27 bits per heavy atom. The van der Waals surface area contributed by atoms with Crippen LogP contribution in [0.4, 0.5) is 5.82 Å². The van der Waals surface area contributed by atoms with E-state index in [1.807, 2.05) is 12.1 Å². The summed E-state index contributed by atoms with van der Waals surface area (Å²) in [5.41, 5.74) is 1.00. The molecule has 0 saturated carbocycles. The van der Waals surface area contributed by atoms with Gasteiger partial charge in [-0.1, -0.05) is 6.07 Å². The summed E-state index contributed by atoms with van der Waals surface area (Å²) >= 11 is 5.85. The number of pyridine rings is 1. The fourth-order valence-electron chi connectivity index (χ4n) is 1.51. The Bertz CT molecular complexity index is 304. The van der Waals surface area contributed by atoms with Crippen molar-refractivity contribution in [2.75, 3.05) is 18.1 Å². The molecule has 1 rings (SSSR count). The fourth-order valence-corrected chi connectivity index (χ4v) is 1.72. The predicted molar refractivity (Wildman–Crippen MR) is 63.4 cm³/mol. The molecule has 3 nitrogen and oxygen atoms in total. The maximum Gasteiger partial charge on any atom is 0.133 e. The quantitative estimate of drug-likeness (QED) is 0.784. The van der Waals surface area contributed by atoms with E-state index in [0.717, 1.165) is 11.4 Å². The van der Waals surface area contributed by atoms with Crippen LogP contribution in [0.2, 0.25) is 0 Å². The molecule has 0 aromatic carbocycles. The lowest BCUT2D eigenvalue weighted by atomic mass is 10.2. The van der Waals surface area contributed by atoms with Gasteiger partial charge in [0.05, 0.1) is 12.5 Å². The number of hydrogen-bond donors (Lipinski definition) is 1. The lowest BCUT2D eigenvalue weighted by Crippen LogP contribution is -2.34. The molecule has 0 amide bonds. The van der Waals surface area contributed by atoms with E-state index in [-0.39, 0.29) is 6.61 Å². The Kier molecular flexibility index (Phi) is 4.85. The summed E-state index contributed by atoms with van der Waals surface area (Å²) in [5, 5.41) is 9.01. The molecule has 0 fully saturated rings. The fraction of sp³-hybridized carbons (Fsp3) is 0.545. The first kappa shape index (κ1) is 12.3. The molecule has 1 heterocycles. The standard InChI is InChI=1S/C11H17ClN2O/c1-9(2)14(6-7-15)11-10(8-12)4-3-5-13-11/h3-5,9,15H,6-8H2,1-2H3. The number of anilines is 1. The number of halogens is 1. The van der Waals surface area contributed by atoms with Crippen LogP contribution in [0, 0.1) is 0 Å². The SMILES string of the molecule is CC(C)N(CCO)c1ncccc1CCl. The van der Waals surface area contributed by atoms with Crippen molar-refractivity contribution in [2.24, 2.45) is 0 Å². The smallest absolute Gasteiger partial charge is 0.133 e.